The molecule has 2 unspecified atom stereocenters. The first-order chi connectivity index (χ1) is 9.94. The fourth-order valence-electron chi connectivity index (χ4n) is 3.77. The Hall–Kier alpha value is -1.42. The predicted octanol–water partition coefficient (Wildman–Crippen LogP) is 2.51. The van der Waals surface area contributed by atoms with Gasteiger partial charge in [-0.05, 0) is 44.2 Å². The van der Waals surface area contributed by atoms with Gasteiger partial charge in [0.1, 0.15) is 0 Å². The summed E-state index contributed by atoms with van der Waals surface area (Å²) in [5.74, 6) is 0.251. The maximum absolute atomic E-state index is 12.6. The maximum Gasteiger partial charge on any atom is 0.253 e. The number of nitrogens with two attached hydrogens (primary N) is 1. The van der Waals surface area contributed by atoms with E-state index < -0.39 is 0 Å². The van der Waals surface area contributed by atoms with Crippen LogP contribution in [0.5, 0.6) is 0 Å². The molecule has 0 aromatic carbocycles. The number of aromatic nitrogens is 1. The van der Waals surface area contributed by atoms with E-state index in [1.54, 1.807) is 0 Å². The minimum Gasteiger partial charge on any atom is -0.349 e. The number of carbonyl (C=O) groups is 1. The lowest BCUT2D eigenvalue weighted by Gasteiger charge is -2.60. The second-order valence-corrected chi connectivity index (χ2v) is 7.00. The lowest BCUT2D eigenvalue weighted by molar-refractivity contribution is -0.0390. The summed E-state index contributed by atoms with van der Waals surface area (Å²) in [4.78, 5) is 17.2. The Labute approximate surface area is 126 Å². The Balaban J connectivity index is 1.77. The van der Waals surface area contributed by atoms with E-state index in [1.165, 1.54) is 6.42 Å². The summed E-state index contributed by atoms with van der Waals surface area (Å²) >= 11 is 0. The van der Waals surface area contributed by atoms with E-state index in [-0.39, 0.29) is 29.3 Å². The lowest BCUT2D eigenvalue weighted by atomic mass is 9.50. The van der Waals surface area contributed by atoms with Gasteiger partial charge in [-0.25, -0.2) is 0 Å². The van der Waals surface area contributed by atoms with Crippen LogP contribution in [0.15, 0.2) is 12.1 Å². The van der Waals surface area contributed by atoms with Gasteiger partial charge in [-0.3, -0.25) is 9.78 Å². The van der Waals surface area contributed by atoms with Crippen LogP contribution in [0.4, 0.5) is 0 Å². The molecule has 2 atom stereocenters. The Kier molecular flexibility index (Phi) is 3.52. The van der Waals surface area contributed by atoms with Gasteiger partial charge in [0.25, 0.3) is 5.91 Å². The van der Waals surface area contributed by atoms with Crippen LogP contribution in [0.25, 0.3) is 0 Å². The van der Waals surface area contributed by atoms with Crippen LogP contribution in [0.1, 0.15) is 67.2 Å². The highest BCUT2D eigenvalue weighted by molar-refractivity contribution is 5.95. The normalized spacial score (nSPS) is 26.3. The van der Waals surface area contributed by atoms with Gasteiger partial charge in [-0.2, -0.15) is 0 Å². The molecular formula is C17H25N3O. The van der Waals surface area contributed by atoms with Crippen molar-refractivity contribution in [2.24, 2.45) is 11.1 Å². The molecule has 3 rings (SSSR count). The molecule has 2 fully saturated rings. The van der Waals surface area contributed by atoms with Crippen molar-refractivity contribution in [2.75, 3.05) is 0 Å². The number of nitrogens with zero attached hydrogens (tertiary/aromatic N) is 1. The van der Waals surface area contributed by atoms with Gasteiger partial charge in [0.05, 0.1) is 11.3 Å². The van der Waals surface area contributed by atoms with Crippen LogP contribution in [-0.4, -0.2) is 23.0 Å². The number of aryl methyl sites for hydroxylation is 1. The molecule has 0 saturated heterocycles. The molecule has 3 N–H and O–H groups in total. The van der Waals surface area contributed by atoms with Crippen molar-refractivity contribution in [1.82, 2.24) is 10.3 Å². The number of rotatable bonds is 3. The number of hydrogen-bond acceptors (Lipinski definition) is 3. The minimum absolute atomic E-state index is 0.00868. The van der Waals surface area contributed by atoms with Crippen LogP contribution in [0.2, 0.25) is 0 Å². The lowest BCUT2D eigenvalue weighted by Crippen LogP contribution is -2.69. The number of amides is 1. The average molecular weight is 287 g/mol. The van der Waals surface area contributed by atoms with Crippen LogP contribution in [0.3, 0.4) is 0 Å². The topological polar surface area (TPSA) is 68.0 Å². The minimum atomic E-state index is 0.00868. The first kappa shape index (κ1) is 14.5. The van der Waals surface area contributed by atoms with Crippen LogP contribution in [-0.2, 0) is 0 Å². The van der Waals surface area contributed by atoms with Gasteiger partial charge < -0.3 is 11.1 Å². The van der Waals surface area contributed by atoms with Gasteiger partial charge >= 0.3 is 0 Å². The van der Waals surface area contributed by atoms with E-state index in [4.69, 9.17) is 5.73 Å². The third kappa shape index (κ3) is 2.26. The van der Waals surface area contributed by atoms with Crippen molar-refractivity contribution in [1.29, 1.82) is 0 Å². The molecule has 1 amide bonds. The number of carbonyl (C=O) groups excluding carboxylic acids is 1. The Morgan fingerprint density at radius 1 is 1.43 bits per heavy atom. The molecular weight excluding hydrogens is 262 g/mol. The van der Waals surface area contributed by atoms with Gasteiger partial charge in [-0.15, -0.1) is 0 Å². The molecule has 0 aliphatic heterocycles. The fourth-order valence-corrected chi connectivity index (χ4v) is 3.77. The summed E-state index contributed by atoms with van der Waals surface area (Å²) < 4.78 is 0. The van der Waals surface area contributed by atoms with Crippen molar-refractivity contribution in [3.8, 4) is 0 Å². The molecule has 1 spiro atoms. The van der Waals surface area contributed by atoms with Crippen LogP contribution >= 0.6 is 0 Å². The molecule has 0 bridgehead atoms. The molecule has 1 heterocycles. The van der Waals surface area contributed by atoms with E-state index in [0.717, 1.165) is 30.7 Å². The van der Waals surface area contributed by atoms with Crippen molar-refractivity contribution in [2.45, 2.75) is 64.5 Å². The highest BCUT2D eigenvalue weighted by Crippen LogP contribution is 2.55. The molecule has 2 aliphatic rings. The smallest absolute Gasteiger partial charge is 0.253 e. The van der Waals surface area contributed by atoms with Gasteiger partial charge in [0.15, 0.2) is 0 Å². The summed E-state index contributed by atoms with van der Waals surface area (Å²) in [6, 6.07) is 4.32. The van der Waals surface area contributed by atoms with Gasteiger partial charge in [0.2, 0.25) is 0 Å². The highest BCUT2D eigenvalue weighted by Gasteiger charge is 2.57. The molecule has 114 valence electrons. The summed E-state index contributed by atoms with van der Waals surface area (Å²) in [7, 11) is 0. The predicted molar refractivity (Wildman–Crippen MR) is 83.2 cm³/mol. The zero-order chi connectivity index (χ0) is 15.2. The highest BCUT2D eigenvalue weighted by atomic mass is 16.1. The molecule has 4 heteroatoms. The second kappa shape index (κ2) is 5.09. The van der Waals surface area contributed by atoms with Gasteiger partial charge in [0, 0.05) is 23.2 Å². The van der Waals surface area contributed by atoms with Crippen molar-refractivity contribution in [3.05, 3.63) is 29.1 Å². The first-order valence-electron chi connectivity index (χ1n) is 7.98. The zero-order valence-electron chi connectivity index (χ0n) is 13.1. The SMILES string of the molecule is Cc1ccc(C(=O)NC2CC(N)C23CCC3)c(C(C)C)n1. The number of pyridine rings is 1. The molecule has 1 aromatic rings. The fraction of sp³-hybridized carbons (Fsp3) is 0.647. The zero-order valence-corrected chi connectivity index (χ0v) is 13.1. The van der Waals surface area contributed by atoms with Gasteiger partial charge in [-0.1, -0.05) is 20.3 Å². The summed E-state index contributed by atoms with van der Waals surface area (Å²) in [6.45, 7) is 6.11. The van der Waals surface area contributed by atoms with E-state index in [1.807, 2.05) is 19.1 Å². The van der Waals surface area contributed by atoms with E-state index in [2.05, 4.69) is 24.1 Å². The summed E-state index contributed by atoms with van der Waals surface area (Å²) in [6.07, 6.45) is 4.45. The van der Waals surface area contributed by atoms with Crippen molar-refractivity contribution < 1.29 is 4.79 Å². The third-order valence-electron chi connectivity index (χ3n) is 5.37. The number of hydrogen-bond donors (Lipinski definition) is 2. The van der Waals surface area contributed by atoms with E-state index in [9.17, 15) is 4.79 Å². The third-order valence-corrected chi connectivity index (χ3v) is 5.37. The molecule has 4 nitrogen and oxygen atoms in total. The molecule has 2 aliphatic carbocycles. The van der Waals surface area contributed by atoms with E-state index in [0.29, 0.717) is 5.56 Å². The monoisotopic (exact) mass is 287 g/mol. The summed E-state index contributed by atoms with van der Waals surface area (Å²) in [5, 5.41) is 3.21. The first-order valence-corrected chi connectivity index (χ1v) is 7.98. The molecule has 2 saturated carbocycles. The van der Waals surface area contributed by atoms with Crippen molar-refractivity contribution in [3.63, 3.8) is 0 Å². The summed E-state index contributed by atoms with van der Waals surface area (Å²) in [5.41, 5.74) is 8.90. The van der Waals surface area contributed by atoms with Crippen molar-refractivity contribution >= 4 is 5.91 Å². The van der Waals surface area contributed by atoms with Crippen LogP contribution < -0.4 is 11.1 Å². The average Bonchev–Trinajstić information content (AvgIpc) is 2.35. The Morgan fingerprint density at radius 3 is 2.67 bits per heavy atom. The van der Waals surface area contributed by atoms with E-state index >= 15 is 0 Å². The Bertz CT molecular complexity index is 563. The van der Waals surface area contributed by atoms with Crippen LogP contribution in [0, 0.1) is 12.3 Å². The number of nitrogens with one attached hydrogen (secondary N) is 1. The quantitative estimate of drug-likeness (QED) is 0.897. The Morgan fingerprint density at radius 2 is 2.14 bits per heavy atom. The molecule has 21 heavy (non-hydrogen) atoms. The standard InChI is InChI=1S/C17H25N3O/c1-10(2)15-12(6-5-11(3)19-15)16(21)20-14-9-13(18)17(14)7-4-8-17/h5-6,10,13-14H,4,7-9,18H2,1-3H3,(H,20,21). The maximum atomic E-state index is 12.6. The second-order valence-electron chi connectivity index (χ2n) is 7.00. The largest absolute Gasteiger partial charge is 0.349 e. The molecule has 1 aromatic heterocycles. The molecule has 0 radical (unpaired) electrons.